The van der Waals surface area contributed by atoms with Gasteiger partial charge >= 0.3 is 5.69 Å². The van der Waals surface area contributed by atoms with Gasteiger partial charge in [-0.15, -0.1) is 0 Å². The Labute approximate surface area is 134 Å². The number of aromatic amines is 1. The van der Waals surface area contributed by atoms with Crippen molar-refractivity contribution >= 4 is 5.95 Å². The van der Waals surface area contributed by atoms with Gasteiger partial charge in [0, 0.05) is 45.1 Å². The number of nitrogens with one attached hydrogen (secondary N) is 1. The van der Waals surface area contributed by atoms with Crippen LogP contribution in [0.3, 0.4) is 0 Å². The maximum atomic E-state index is 11.4. The summed E-state index contributed by atoms with van der Waals surface area (Å²) in [4.78, 5) is 27.1. The highest BCUT2D eigenvalue weighted by atomic mass is 16.3. The first-order valence-electron chi connectivity index (χ1n) is 7.95. The highest BCUT2D eigenvalue weighted by Crippen LogP contribution is 2.11. The molecule has 1 aliphatic heterocycles. The minimum atomic E-state index is -0.251. The fourth-order valence-electron chi connectivity index (χ4n) is 2.83. The standard InChI is InChI=1S/C15H22N6O2/c22-13-12-18-15(23)21(13)7-2-1-6-19-8-10-20(11-9-19)14-16-4-3-5-17-14/h3-5,12,22H,1-2,6-11H2,(H,18,23). The van der Waals surface area contributed by atoms with E-state index in [2.05, 4.69) is 24.8 Å². The Morgan fingerprint density at radius 3 is 2.43 bits per heavy atom. The highest BCUT2D eigenvalue weighted by Gasteiger charge is 2.18. The molecule has 0 spiro atoms. The fourth-order valence-corrected chi connectivity index (χ4v) is 2.83. The van der Waals surface area contributed by atoms with E-state index < -0.39 is 0 Å². The number of aromatic nitrogens is 4. The van der Waals surface area contributed by atoms with Gasteiger partial charge in [0.05, 0.1) is 6.20 Å². The van der Waals surface area contributed by atoms with Crippen molar-refractivity contribution in [3.05, 3.63) is 35.1 Å². The number of rotatable bonds is 6. The third-order valence-corrected chi connectivity index (χ3v) is 4.16. The van der Waals surface area contributed by atoms with Crippen LogP contribution in [-0.4, -0.2) is 62.2 Å². The van der Waals surface area contributed by atoms with Crippen LogP contribution in [0.2, 0.25) is 0 Å². The van der Waals surface area contributed by atoms with Crippen LogP contribution in [0.15, 0.2) is 29.5 Å². The van der Waals surface area contributed by atoms with Crippen LogP contribution in [0.1, 0.15) is 12.8 Å². The molecule has 2 aromatic rings. The molecule has 8 heteroatoms. The Kier molecular flexibility index (Phi) is 4.92. The van der Waals surface area contributed by atoms with Gasteiger partial charge in [-0.1, -0.05) is 0 Å². The van der Waals surface area contributed by atoms with Crippen LogP contribution in [0.4, 0.5) is 5.95 Å². The zero-order chi connectivity index (χ0) is 16.1. The number of hydrogen-bond acceptors (Lipinski definition) is 6. The van der Waals surface area contributed by atoms with Crippen molar-refractivity contribution in [3.8, 4) is 5.88 Å². The van der Waals surface area contributed by atoms with E-state index in [9.17, 15) is 9.90 Å². The van der Waals surface area contributed by atoms with Gasteiger partial charge in [0.1, 0.15) is 0 Å². The highest BCUT2D eigenvalue weighted by molar-refractivity contribution is 5.29. The van der Waals surface area contributed by atoms with Gasteiger partial charge in [0.2, 0.25) is 11.8 Å². The first kappa shape index (κ1) is 15.5. The Hall–Kier alpha value is -2.35. The number of H-pyrrole nitrogens is 1. The zero-order valence-electron chi connectivity index (χ0n) is 13.1. The molecule has 0 amide bonds. The first-order valence-corrected chi connectivity index (χ1v) is 7.95. The number of aromatic hydroxyl groups is 1. The Morgan fingerprint density at radius 1 is 1.09 bits per heavy atom. The van der Waals surface area contributed by atoms with E-state index in [0.717, 1.165) is 51.5 Å². The third-order valence-electron chi connectivity index (χ3n) is 4.16. The molecule has 2 aromatic heterocycles. The van der Waals surface area contributed by atoms with E-state index in [4.69, 9.17) is 0 Å². The summed E-state index contributed by atoms with van der Waals surface area (Å²) in [6.07, 6.45) is 6.74. The predicted molar refractivity (Wildman–Crippen MR) is 86.6 cm³/mol. The van der Waals surface area contributed by atoms with Gasteiger partial charge in [-0.05, 0) is 25.5 Å². The third kappa shape index (κ3) is 3.89. The molecule has 1 fully saturated rings. The molecule has 23 heavy (non-hydrogen) atoms. The second kappa shape index (κ2) is 7.28. The van der Waals surface area contributed by atoms with Crippen LogP contribution in [-0.2, 0) is 6.54 Å². The molecule has 124 valence electrons. The number of unbranched alkanes of at least 4 members (excludes halogenated alkanes) is 1. The smallest absolute Gasteiger partial charge is 0.328 e. The van der Waals surface area contributed by atoms with Crippen LogP contribution in [0, 0.1) is 0 Å². The molecule has 1 saturated heterocycles. The van der Waals surface area contributed by atoms with Crippen LogP contribution in [0.5, 0.6) is 5.88 Å². The summed E-state index contributed by atoms with van der Waals surface area (Å²) in [5.74, 6) is 0.806. The van der Waals surface area contributed by atoms with Crippen LogP contribution >= 0.6 is 0 Å². The molecular weight excluding hydrogens is 296 g/mol. The Bertz CT molecular complexity index is 660. The molecule has 1 aliphatic rings. The number of anilines is 1. The predicted octanol–water partition coefficient (Wildman–Crippen LogP) is 0.274. The van der Waals surface area contributed by atoms with Crippen molar-refractivity contribution in [3.63, 3.8) is 0 Å². The lowest BCUT2D eigenvalue weighted by Gasteiger charge is -2.34. The molecule has 0 radical (unpaired) electrons. The topological polar surface area (TPSA) is 90.3 Å². The van der Waals surface area contributed by atoms with Gasteiger partial charge in [-0.3, -0.25) is 9.47 Å². The van der Waals surface area contributed by atoms with E-state index >= 15 is 0 Å². The Balaban J connectivity index is 1.37. The monoisotopic (exact) mass is 318 g/mol. The lowest BCUT2D eigenvalue weighted by molar-refractivity contribution is 0.249. The lowest BCUT2D eigenvalue weighted by Crippen LogP contribution is -2.47. The molecule has 2 N–H and O–H groups in total. The van der Waals surface area contributed by atoms with E-state index in [-0.39, 0.29) is 11.6 Å². The minimum Gasteiger partial charge on any atom is -0.493 e. The van der Waals surface area contributed by atoms with Crippen molar-refractivity contribution in [2.45, 2.75) is 19.4 Å². The lowest BCUT2D eigenvalue weighted by atomic mass is 10.2. The quantitative estimate of drug-likeness (QED) is 0.743. The number of hydrogen-bond donors (Lipinski definition) is 2. The summed E-state index contributed by atoms with van der Waals surface area (Å²) in [6, 6.07) is 1.83. The second-order valence-electron chi connectivity index (χ2n) is 5.69. The minimum absolute atomic E-state index is 0.00600. The van der Waals surface area contributed by atoms with Gasteiger partial charge < -0.3 is 15.0 Å². The summed E-state index contributed by atoms with van der Waals surface area (Å²) in [7, 11) is 0. The summed E-state index contributed by atoms with van der Waals surface area (Å²) >= 11 is 0. The number of piperazine rings is 1. The van der Waals surface area contributed by atoms with Gasteiger partial charge in [-0.25, -0.2) is 14.8 Å². The maximum absolute atomic E-state index is 11.4. The fraction of sp³-hybridized carbons (Fsp3) is 0.533. The van der Waals surface area contributed by atoms with Gasteiger partial charge in [0.25, 0.3) is 0 Å². The number of nitrogens with zero attached hydrogens (tertiary/aromatic N) is 5. The molecule has 0 saturated carbocycles. The van der Waals surface area contributed by atoms with E-state index in [1.54, 1.807) is 12.4 Å². The van der Waals surface area contributed by atoms with E-state index in [1.165, 1.54) is 10.8 Å². The SMILES string of the molecule is O=c1[nH]cc(O)n1CCCCN1CCN(c2ncccn2)CC1. The summed E-state index contributed by atoms with van der Waals surface area (Å²) in [5.41, 5.74) is -0.251. The zero-order valence-corrected chi connectivity index (χ0v) is 13.1. The second-order valence-corrected chi connectivity index (χ2v) is 5.69. The first-order chi connectivity index (χ1) is 11.2. The maximum Gasteiger partial charge on any atom is 0.328 e. The molecular formula is C15H22N6O2. The van der Waals surface area contributed by atoms with Crippen molar-refractivity contribution in [1.29, 1.82) is 0 Å². The molecule has 0 aromatic carbocycles. The average molecular weight is 318 g/mol. The van der Waals surface area contributed by atoms with Crippen molar-refractivity contribution in [2.24, 2.45) is 0 Å². The van der Waals surface area contributed by atoms with Crippen molar-refractivity contribution in [1.82, 2.24) is 24.4 Å². The molecule has 0 atom stereocenters. The van der Waals surface area contributed by atoms with E-state index in [0.29, 0.717) is 6.54 Å². The van der Waals surface area contributed by atoms with Crippen molar-refractivity contribution in [2.75, 3.05) is 37.6 Å². The molecule has 3 heterocycles. The van der Waals surface area contributed by atoms with E-state index in [1.807, 2.05) is 6.07 Å². The molecule has 8 nitrogen and oxygen atoms in total. The summed E-state index contributed by atoms with van der Waals surface area (Å²) in [5, 5.41) is 9.52. The normalized spacial score (nSPS) is 15.9. The Morgan fingerprint density at radius 2 is 1.78 bits per heavy atom. The largest absolute Gasteiger partial charge is 0.493 e. The van der Waals surface area contributed by atoms with Crippen molar-refractivity contribution < 1.29 is 5.11 Å². The molecule has 0 unspecified atom stereocenters. The molecule has 0 aliphatic carbocycles. The summed E-state index contributed by atoms with van der Waals surface area (Å²) in [6.45, 7) is 5.40. The van der Waals surface area contributed by atoms with Gasteiger partial charge in [0.15, 0.2) is 0 Å². The average Bonchev–Trinajstić information content (AvgIpc) is 2.92. The molecule has 0 bridgehead atoms. The van der Waals surface area contributed by atoms with Crippen LogP contribution in [0.25, 0.3) is 0 Å². The van der Waals surface area contributed by atoms with Crippen LogP contribution < -0.4 is 10.6 Å². The number of imidazole rings is 1. The summed E-state index contributed by atoms with van der Waals surface area (Å²) < 4.78 is 1.37. The van der Waals surface area contributed by atoms with Gasteiger partial charge in [-0.2, -0.15) is 0 Å². The molecule has 3 rings (SSSR count).